The second kappa shape index (κ2) is 3.03. The second-order valence-electron chi connectivity index (χ2n) is 6.70. The summed E-state index contributed by atoms with van der Waals surface area (Å²) < 4.78 is 12.1. The Hall–Kier alpha value is -0.0551. The molecule has 90 valence electrons. The molecule has 5 atom stereocenters. The van der Waals surface area contributed by atoms with Crippen LogP contribution in [0.25, 0.3) is 0 Å². The smallest absolute Gasteiger partial charge is 0.404 e. The van der Waals surface area contributed by atoms with Crippen LogP contribution in [0.5, 0.6) is 0 Å². The van der Waals surface area contributed by atoms with Crippen molar-refractivity contribution in [3.05, 3.63) is 0 Å². The quantitative estimate of drug-likeness (QED) is 0.686. The van der Waals surface area contributed by atoms with Crippen LogP contribution in [0.4, 0.5) is 0 Å². The Morgan fingerprint density at radius 3 is 2.56 bits per heavy atom. The van der Waals surface area contributed by atoms with E-state index in [1.165, 1.54) is 6.42 Å². The first-order valence-corrected chi connectivity index (χ1v) is 6.44. The molecule has 0 radical (unpaired) electrons. The van der Waals surface area contributed by atoms with Crippen LogP contribution < -0.4 is 5.73 Å². The zero-order valence-corrected chi connectivity index (χ0v) is 10.7. The monoisotopic (exact) mass is 223 g/mol. The third-order valence-electron chi connectivity index (χ3n) is 5.40. The van der Waals surface area contributed by atoms with Crippen LogP contribution in [0.2, 0.25) is 0 Å². The maximum atomic E-state index is 6.15. The lowest BCUT2D eigenvalue weighted by Gasteiger charge is -2.64. The Morgan fingerprint density at radius 2 is 2.00 bits per heavy atom. The molecule has 4 aliphatic rings. The van der Waals surface area contributed by atoms with Gasteiger partial charge in [0.15, 0.2) is 0 Å². The summed E-state index contributed by atoms with van der Waals surface area (Å²) >= 11 is 0. The minimum Gasteiger partial charge on any atom is -0.404 e. The highest BCUT2D eigenvalue weighted by Gasteiger charge is 2.68. The highest BCUT2D eigenvalue weighted by Crippen LogP contribution is 2.65. The van der Waals surface area contributed by atoms with E-state index in [1.807, 2.05) is 6.92 Å². The summed E-state index contributed by atoms with van der Waals surface area (Å²) in [6.45, 7) is 8.93. The predicted octanol–water partition coefficient (Wildman–Crippen LogP) is 1.60. The van der Waals surface area contributed by atoms with Crippen molar-refractivity contribution in [3.63, 3.8) is 0 Å². The Bertz CT molecular complexity index is 320. The lowest BCUT2D eigenvalue weighted by molar-refractivity contribution is -0.199. The standard InChI is InChI=1S/C12H22BNO2/c1-7(14)13-15-10-6-8-5-9(11(8,2)3)12(10,4)16-13/h7-10H,5-6,14H2,1-4H3/t7-,8+,9?,10+,12?/m0/s1. The molecule has 3 aliphatic carbocycles. The third kappa shape index (κ3) is 1.16. The van der Waals surface area contributed by atoms with Gasteiger partial charge in [-0.25, -0.2) is 0 Å². The van der Waals surface area contributed by atoms with E-state index in [4.69, 9.17) is 15.0 Å². The van der Waals surface area contributed by atoms with Crippen LogP contribution in [0.15, 0.2) is 0 Å². The molecule has 2 bridgehead atoms. The van der Waals surface area contributed by atoms with E-state index in [0.29, 0.717) is 11.3 Å². The molecule has 16 heavy (non-hydrogen) atoms. The summed E-state index contributed by atoms with van der Waals surface area (Å²) in [4.78, 5) is 0. The molecule has 2 N–H and O–H groups in total. The van der Waals surface area contributed by atoms with Gasteiger partial charge >= 0.3 is 7.12 Å². The first-order chi connectivity index (χ1) is 7.35. The van der Waals surface area contributed by atoms with Crippen molar-refractivity contribution in [2.75, 3.05) is 0 Å². The highest BCUT2D eigenvalue weighted by atomic mass is 16.7. The molecule has 3 saturated carbocycles. The zero-order chi connectivity index (χ0) is 11.7. The summed E-state index contributed by atoms with van der Waals surface area (Å²) in [5, 5.41) is 0. The van der Waals surface area contributed by atoms with Crippen molar-refractivity contribution in [2.45, 2.75) is 58.2 Å². The van der Waals surface area contributed by atoms with E-state index in [-0.39, 0.29) is 24.8 Å². The SMILES string of the molecule is C[C@H](N)B1O[C@@H]2C[C@H]3CC(C3(C)C)C2(C)O1. The number of hydrogen-bond donors (Lipinski definition) is 1. The summed E-state index contributed by atoms with van der Waals surface area (Å²) in [5.74, 6) is 1.40. The fourth-order valence-electron chi connectivity index (χ4n) is 4.13. The molecule has 4 heteroatoms. The van der Waals surface area contributed by atoms with Crippen molar-refractivity contribution in [3.8, 4) is 0 Å². The molecule has 1 saturated heterocycles. The van der Waals surface area contributed by atoms with Gasteiger partial charge in [-0.05, 0) is 37.0 Å². The van der Waals surface area contributed by atoms with Crippen molar-refractivity contribution in [1.29, 1.82) is 0 Å². The molecular weight excluding hydrogens is 201 g/mol. The zero-order valence-electron chi connectivity index (χ0n) is 10.7. The van der Waals surface area contributed by atoms with Crippen LogP contribution in [-0.4, -0.2) is 24.8 Å². The normalized spacial score (nSPS) is 50.8. The van der Waals surface area contributed by atoms with Gasteiger partial charge in [-0.3, -0.25) is 0 Å². The average molecular weight is 223 g/mol. The molecule has 1 aliphatic heterocycles. The minimum atomic E-state index is -0.204. The van der Waals surface area contributed by atoms with Crippen LogP contribution in [0, 0.1) is 17.3 Å². The molecular formula is C12H22BNO2. The second-order valence-corrected chi connectivity index (χ2v) is 6.70. The van der Waals surface area contributed by atoms with E-state index in [0.717, 1.165) is 12.3 Å². The van der Waals surface area contributed by atoms with Gasteiger partial charge in [-0.15, -0.1) is 0 Å². The molecule has 4 fully saturated rings. The van der Waals surface area contributed by atoms with Crippen molar-refractivity contribution < 1.29 is 9.31 Å². The molecule has 3 nitrogen and oxygen atoms in total. The van der Waals surface area contributed by atoms with Crippen molar-refractivity contribution in [2.24, 2.45) is 23.0 Å². The Balaban J connectivity index is 1.87. The van der Waals surface area contributed by atoms with Crippen molar-refractivity contribution in [1.82, 2.24) is 0 Å². The molecule has 2 unspecified atom stereocenters. The number of rotatable bonds is 1. The molecule has 0 aromatic rings. The number of hydrogen-bond acceptors (Lipinski definition) is 3. The largest absolute Gasteiger partial charge is 0.475 e. The molecule has 0 aromatic heterocycles. The van der Waals surface area contributed by atoms with Crippen LogP contribution in [0.1, 0.15) is 40.5 Å². The maximum absolute atomic E-state index is 6.15. The highest BCUT2D eigenvalue weighted by molar-refractivity contribution is 6.47. The van der Waals surface area contributed by atoms with Crippen LogP contribution in [-0.2, 0) is 9.31 Å². The molecule has 0 amide bonds. The molecule has 4 rings (SSSR count). The summed E-state index contributed by atoms with van der Waals surface area (Å²) in [7, 11) is -0.204. The number of nitrogens with two attached hydrogens (primary N) is 1. The van der Waals surface area contributed by atoms with E-state index in [1.54, 1.807) is 0 Å². The van der Waals surface area contributed by atoms with E-state index >= 15 is 0 Å². The van der Waals surface area contributed by atoms with Gasteiger partial charge in [-0.2, -0.15) is 0 Å². The van der Waals surface area contributed by atoms with Crippen LogP contribution >= 0.6 is 0 Å². The van der Waals surface area contributed by atoms with Crippen LogP contribution in [0.3, 0.4) is 0 Å². The molecule has 1 heterocycles. The lowest BCUT2D eigenvalue weighted by Crippen LogP contribution is -2.65. The lowest BCUT2D eigenvalue weighted by atomic mass is 9.43. The fourth-order valence-corrected chi connectivity index (χ4v) is 4.13. The van der Waals surface area contributed by atoms with E-state index < -0.39 is 0 Å². The van der Waals surface area contributed by atoms with E-state index in [9.17, 15) is 0 Å². The fraction of sp³-hybridized carbons (Fsp3) is 1.00. The maximum Gasteiger partial charge on any atom is 0.475 e. The van der Waals surface area contributed by atoms with E-state index in [2.05, 4.69) is 20.8 Å². The Kier molecular flexibility index (Phi) is 2.10. The van der Waals surface area contributed by atoms with Gasteiger partial charge in [0.05, 0.1) is 11.7 Å². The summed E-state index contributed by atoms with van der Waals surface area (Å²) in [6, 6.07) is 0. The third-order valence-corrected chi connectivity index (χ3v) is 5.40. The Labute approximate surface area is 98.2 Å². The summed E-state index contributed by atoms with van der Waals surface area (Å²) in [5.41, 5.74) is 6.20. The topological polar surface area (TPSA) is 44.5 Å². The first-order valence-electron chi connectivity index (χ1n) is 6.44. The molecule has 0 aromatic carbocycles. The van der Waals surface area contributed by atoms with Gasteiger partial charge in [0, 0.05) is 5.94 Å². The Morgan fingerprint density at radius 1 is 1.31 bits per heavy atom. The predicted molar refractivity (Wildman–Crippen MR) is 63.8 cm³/mol. The average Bonchev–Trinajstić information content (AvgIpc) is 2.54. The van der Waals surface area contributed by atoms with Crippen molar-refractivity contribution >= 4 is 7.12 Å². The van der Waals surface area contributed by atoms with Gasteiger partial charge in [-0.1, -0.05) is 20.8 Å². The van der Waals surface area contributed by atoms with Gasteiger partial charge in [0.25, 0.3) is 0 Å². The molecule has 0 spiro atoms. The minimum absolute atomic E-state index is 0.0391. The van der Waals surface area contributed by atoms with Gasteiger partial charge < -0.3 is 15.0 Å². The summed E-state index contributed by atoms with van der Waals surface area (Å²) in [6.07, 6.45) is 2.71. The van der Waals surface area contributed by atoms with Gasteiger partial charge in [0.2, 0.25) is 0 Å². The first kappa shape index (κ1) is 11.1. The van der Waals surface area contributed by atoms with Gasteiger partial charge in [0.1, 0.15) is 0 Å².